The van der Waals surface area contributed by atoms with Crippen LogP contribution in [0.2, 0.25) is 0 Å². The van der Waals surface area contributed by atoms with E-state index in [2.05, 4.69) is 23.3 Å². The zero-order chi connectivity index (χ0) is 13.9. The topological polar surface area (TPSA) is 53.1 Å². The zero-order valence-electron chi connectivity index (χ0n) is 11.9. The first kappa shape index (κ1) is 13.2. The molecule has 3 rings (SSSR count). The Morgan fingerprint density at radius 1 is 1.45 bits per heavy atom. The minimum atomic E-state index is 0.167. The van der Waals surface area contributed by atoms with E-state index >= 15 is 0 Å². The van der Waals surface area contributed by atoms with Crippen LogP contribution in [0.3, 0.4) is 0 Å². The molecule has 0 bridgehead atoms. The van der Waals surface area contributed by atoms with Gasteiger partial charge < -0.3 is 10.5 Å². The number of aryl methyl sites for hydroxylation is 2. The van der Waals surface area contributed by atoms with Gasteiger partial charge in [-0.05, 0) is 48.1 Å². The maximum Gasteiger partial charge on any atom is 0.119 e. The standard InChI is InChI=1S/C16H21N3O/c1-19-11-12(10-18-19)7-8-20-14-6-5-13-3-2-4-16(17)15(13)9-14/h5-6,9-11,16H,2-4,7-8,17H2,1H3. The van der Waals surface area contributed by atoms with Gasteiger partial charge >= 0.3 is 0 Å². The molecule has 1 aromatic carbocycles. The van der Waals surface area contributed by atoms with Gasteiger partial charge in [0.05, 0.1) is 12.8 Å². The lowest BCUT2D eigenvalue weighted by atomic mass is 9.88. The normalized spacial score (nSPS) is 17.8. The van der Waals surface area contributed by atoms with E-state index in [9.17, 15) is 0 Å². The van der Waals surface area contributed by atoms with E-state index in [-0.39, 0.29) is 6.04 Å². The van der Waals surface area contributed by atoms with E-state index in [0.717, 1.165) is 25.0 Å². The van der Waals surface area contributed by atoms with Crippen LogP contribution in [0.25, 0.3) is 0 Å². The first-order chi connectivity index (χ1) is 9.72. The molecule has 1 heterocycles. The van der Waals surface area contributed by atoms with Crippen molar-refractivity contribution in [2.24, 2.45) is 12.8 Å². The third-order valence-electron chi connectivity index (χ3n) is 3.90. The fraction of sp³-hybridized carbons (Fsp3) is 0.438. The summed E-state index contributed by atoms with van der Waals surface area (Å²) in [5.41, 5.74) is 10.0. The molecule has 2 N–H and O–H groups in total. The lowest BCUT2D eigenvalue weighted by molar-refractivity contribution is 0.321. The highest BCUT2D eigenvalue weighted by molar-refractivity contribution is 5.39. The number of rotatable bonds is 4. The van der Waals surface area contributed by atoms with E-state index in [4.69, 9.17) is 10.5 Å². The summed E-state index contributed by atoms with van der Waals surface area (Å²) >= 11 is 0. The summed E-state index contributed by atoms with van der Waals surface area (Å²) in [5.74, 6) is 0.921. The van der Waals surface area contributed by atoms with E-state index in [1.807, 2.05) is 24.1 Å². The highest BCUT2D eigenvalue weighted by atomic mass is 16.5. The Morgan fingerprint density at radius 2 is 2.35 bits per heavy atom. The van der Waals surface area contributed by atoms with Crippen molar-refractivity contribution in [1.82, 2.24) is 9.78 Å². The molecule has 0 radical (unpaired) electrons. The number of benzene rings is 1. The Morgan fingerprint density at radius 3 is 3.15 bits per heavy atom. The smallest absolute Gasteiger partial charge is 0.119 e. The van der Waals surface area contributed by atoms with Crippen molar-refractivity contribution in [3.05, 3.63) is 47.3 Å². The molecule has 0 amide bonds. The van der Waals surface area contributed by atoms with Gasteiger partial charge in [-0.1, -0.05) is 6.07 Å². The SMILES string of the molecule is Cn1cc(CCOc2ccc3c(c2)C(N)CCC3)cn1. The summed E-state index contributed by atoms with van der Waals surface area (Å²) in [5, 5.41) is 4.15. The predicted molar refractivity (Wildman–Crippen MR) is 78.7 cm³/mol. The van der Waals surface area contributed by atoms with Crippen LogP contribution in [-0.4, -0.2) is 16.4 Å². The Labute approximate surface area is 119 Å². The van der Waals surface area contributed by atoms with Gasteiger partial charge in [0.15, 0.2) is 0 Å². The van der Waals surface area contributed by atoms with Gasteiger partial charge in [-0.15, -0.1) is 0 Å². The van der Waals surface area contributed by atoms with Crippen LogP contribution in [0.15, 0.2) is 30.6 Å². The third kappa shape index (κ3) is 2.85. The van der Waals surface area contributed by atoms with E-state index in [0.29, 0.717) is 6.61 Å². The molecular formula is C16H21N3O. The second-order valence-corrected chi connectivity index (χ2v) is 5.48. The summed E-state index contributed by atoms with van der Waals surface area (Å²) in [4.78, 5) is 0. The maximum atomic E-state index is 6.17. The molecule has 106 valence electrons. The quantitative estimate of drug-likeness (QED) is 0.929. The molecule has 0 aliphatic heterocycles. The number of ether oxygens (including phenoxy) is 1. The highest BCUT2D eigenvalue weighted by Crippen LogP contribution is 2.30. The monoisotopic (exact) mass is 271 g/mol. The number of hydrogen-bond acceptors (Lipinski definition) is 3. The minimum Gasteiger partial charge on any atom is -0.493 e. The van der Waals surface area contributed by atoms with Crippen LogP contribution < -0.4 is 10.5 Å². The fourth-order valence-corrected chi connectivity index (χ4v) is 2.79. The zero-order valence-corrected chi connectivity index (χ0v) is 11.9. The van der Waals surface area contributed by atoms with Gasteiger partial charge in [-0.3, -0.25) is 4.68 Å². The molecular weight excluding hydrogens is 250 g/mol. The summed E-state index contributed by atoms with van der Waals surface area (Å²) in [7, 11) is 1.93. The van der Waals surface area contributed by atoms with Crippen molar-refractivity contribution in [2.45, 2.75) is 31.7 Å². The van der Waals surface area contributed by atoms with Crippen LogP contribution in [0, 0.1) is 0 Å². The first-order valence-electron chi connectivity index (χ1n) is 7.21. The number of nitrogens with zero attached hydrogens (tertiary/aromatic N) is 2. The summed E-state index contributed by atoms with van der Waals surface area (Å²) < 4.78 is 7.65. The van der Waals surface area contributed by atoms with Crippen molar-refractivity contribution in [2.75, 3.05) is 6.61 Å². The van der Waals surface area contributed by atoms with Crippen molar-refractivity contribution in [3.8, 4) is 5.75 Å². The number of aromatic nitrogens is 2. The van der Waals surface area contributed by atoms with Gasteiger partial charge in [0, 0.05) is 25.7 Å². The average Bonchev–Trinajstić information content (AvgIpc) is 2.85. The number of hydrogen-bond donors (Lipinski definition) is 1. The van der Waals surface area contributed by atoms with Crippen molar-refractivity contribution in [3.63, 3.8) is 0 Å². The van der Waals surface area contributed by atoms with E-state index in [1.165, 1.54) is 23.1 Å². The lowest BCUT2D eigenvalue weighted by Gasteiger charge is -2.22. The molecule has 4 nitrogen and oxygen atoms in total. The van der Waals surface area contributed by atoms with Crippen LogP contribution in [0.4, 0.5) is 0 Å². The second kappa shape index (κ2) is 5.67. The third-order valence-corrected chi connectivity index (χ3v) is 3.90. The Balaban J connectivity index is 1.62. The number of nitrogens with two attached hydrogens (primary N) is 1. The van der Waals surface area contributed by atoms with Crippen LogP contribution in [0.1, 0.15) is 35.6 Å². The van der Waals surface area contributed by atoms with Crippen molar-refractivity contribution in [1.29, 1.82) is 0 Å². The van der Waals surface area contributed by atoms with Crippen molar-refractivity contribution >= 4 is 0 Å². The molecule has 1 atom stereocenters. The van der Waals surface area contributed by atoms with Gasteiger partial charge in [0.1, 0.15) is 5.75 Å². The Bertz CT molecular complexity index is 591. The molecule has 2 aromatic rings. The van der Waals surface area contributed by atoms with Gasteiger partial charge in [-0.2, -0.15) is 5.10 Å². The second-order valence-electron chi connectivity index (χ2n) is 5.48. The molecule has 1 aliphatic carbocycles. The first-order valence-corrected chi connectivity index (χ1v) is 7.21. The molecule has 1 unspecified atom stereocenters. The molecule has 4 heteroatoms. The molecule has 20 heavy (non-hydrogen) atoms. The Kier molecular flexibility index (Phi) is 3.74. The van der Waals surface area contributed by atoms with E-state index < -0.39 is 0 Å². The largest absolute Gasteiger partial charge is 0.493 e. The average molecular weight is 271 g/mol. The molecule has 0 saturated carbocycles. The fourth-order valence-electron chi connectivity index (χ4n) is 2.79. The Hall–Kier alpha value is -1.81. The maximum absolute atomic E-state index is 6.17. The predicted octanol–water partition coefficient (Wildman–Crippen LogP) is 2.38. The van der Waals surface area contributed by atoms with Crippen LogP contribution >= 0.6 is 0 Å². The van der Waals surface area contributed by atoms with E-state index in [1.54, 1.807) is 0 Å². The summed E-state index contributed by atoms with van der Waals surface area (Å²) in [6, 6.07) is 6.50. The molecule has 0 spiro atoms. The van der Waals surface area contributed by atoms with Gasteiger partial charge in [0.2, 0.25) is 0 Å². The summed E-state index contributed by atoms with van der Waals surface area (Å²) in [6.07, 6.45) is 8.18. The molecule has 0 fully saturated rings. The lowest BCUT2D eigenvalue weighted by Crippen LogP contribution is -2.17. The van der Waals surface area contributed by atoms with Crippen molar-refractivity contribution < 1.29 is 4.74 Å². The van der Waals surface area contributed by atoms with Crippen LogP contribution in [-0.2, 0) is 19.9 Å². The van der Waals surface area contributed by atoms with Gasteiger partial charge in [0.25, 0.3) is 0 Å². The minimum absolute atomic E-state index is 0.167. The van der Waals surface area contributed by atoms with Crippen LogP contribution in [0.5, 0.6) is 5.75 Å². The summed E-state index contributed by atoms with van der Waals surface area (Å²) in [6.45, 7) is 0.666. The molecule has 0 saturated heterocycles. The van der Waals surface area contributed by atoms with Gasteiger partial charge in [-0.25, -0.2) is 0 Å². The molecule has 1 aromatic heterocycles. The molecule has 1 aliphatic rings. The number of fused-ring (bicyclic) bond motifs is 1. The highest BCUT2D eigenvalue weighted by Gasteiger charge is 2.17.